The lowest BCUT2D eigenvalue weighted by molar-refractivity contribution is 0.258. The smallest absolute Gasteiger partial charge is 0.286 e. The van der Waals surface area contributed by atoms with Gasteiger partial charge in [-0.05, 0) is 31.6 Å². The maximum atomic E-state index is 10.2. The number of hydrogen-bond donors (Lipinski definition) is 0. The van der Waals surface area contributed by atoms with Gasteiger partial charge >= 0.3 is 0 Å². The Morgan fingerprint density at radius 2 is 1.57 bits per heavy atom. The van der Waals surface area contributed by atoms with Gasteiger partial charge in [-0.2, -0.15) is 5.26 Å². The zero-order valence-corrected chi connectivity index (χ0v) is 12.4. The Hall–Kier alpha value is -1.95. The van der Waals surface area contributed by atoms with Crippen molar-refractivity contribution in [3.63, 3.8) is 0 Å². The average Bonchev–Trinajstić information content (AvgIpc) is 2.50. The maximum Gasteiger partial charge on any atom is 0.286 e. The fourth-order valence-electron chi connectivity index (χ4n) is 2.17. The molecular formula is C15H23N3O3. The highest BCUT2D eigenvalue weighted by atomic mass is 16.5. The summed E-state index contributed by atoms with van der Waals surface area (Å²) in [7, 11) is 0. The van der Waals surface area contributed by atoms with E-state index < -0.39 is 0 Å². The van der Waals surface area contributed by atoms with Crippen LogP contribution >= 0.6 is 0 Å². The maximum absolute atomic E-state index is 10.2. The van der Waals surface area contributed by atoms with Gasteiger partial charge in [0.25, 0.3) is 6.26 Å². The van der Waals surface area contributed by atoms with Gasteiger partial charge in [-0.15, -0.1) is 0 Å². The molecule has 0 aliphatic rings. The molecule has 0 saturated heterocycles. The van der Waals surface area contributed by atoms with Gasteiger partial charge in [0.2, 0.25) is 12.2 Å². The molecule has 0 aliphatic heterocycles. The summed E-state index contributed by atoms with van der Waals surface area (Å²) < 4.78 is 4.62. The number of unbranched alkanes of at least 4 members (excludes halogenated alkanes) is 4. The summed E-state index contributed by atoms with van der Waals surface area (Å²) in [5, 5.41) is 8.23. The third kappa shape index (κ3) is 14.3. The van der Waals surface area contributed by atoms with E-state index >= 15 is 0 Å². The molecule has 0 aromatic carbocycles. The molecule has 0 aromatic rings. The first kappa shape index (κ1) is 19.1. The van der Waals surface area contributed by atoms with Crippen LogP contribution < -0.4 is 0 Å². The third-order valence-corrected chi connectivity index (χ3v) is 3.28. The lowest BCUT2D eigenvalue weighted by atomic mass is 9.95. The van der Waals surface area contributed by atoms with Gasteiger partial charge in [0.05, 0.1) is 13.1 Å². The highest BCUT2D eigenvalue weighted by molar-refractivity contribution is 5.33. The number of hydrogen-bond acceptors (Lipinski definition) is 6. The number of ether oxygens (including phenoxy) is 1. The molecule has 0 bridgehead atoms. The molecule has 21 heavy (non-hydrogen) atoms. The summed E-state index contributed by atoms with van der Waals surface area (Å²) in [5.74, 6) is 0.401. The summed E-state index contributed by atoms with van der Waals surface area (Å²) in [4.78, 5) is 27.3. The van der Waals surface area contributed by atoms with Crippen molar-refractivity contribution in [1.82, 2.24) is 0 Å². The Labute approximate surface area is 125 Å². The summed E-state index contributed by atoms with van der Waals surface area (Å²) in [6.45, 7) is 1.55. The molecule has 0 aliphatic carbocycles. The molecule has 0 heterocycles. The first-order chi connectivity index (χ1) is 10.3. The Kier molecular flexibility index (Phi) is 14.6. The van der Waals surface area contributed by atoms with Crippen molar-refractivity contribution in [3.05, 3.63) is 0 Å². The van der Waals surface area contributed by atoms with Crippen molar-refractivity contribution in [1.29, 1.82) is 5.26 Å². The number of aliphatic imine (C=N–C) groups is 2. The topological polar surface area (TPSA) is 91.9 Å². The molecule has 1 atom stereocenters. The van der Waals surface area contributed by atoms with Crippen LogP contribution in [-0.4, -0.2) is 31.9 Å². The highest BCUT2D eigenvalue weighted by Gasteiger charge is 2.08. The van der Waals surface area contributed by atoms with Crippen LogP contribution in [0.3, 0.4) is 0 Å². The van der Waals surface area contributed by atoms with E-state index in [-0.39, 0.29) is 0 Å². The summed E-state index contributed by atoms with van der Waals surface area (Å²) in [6, 6.07) is 0. The van der Waals surface area contributed by atoms with Crippen LogP contribution in [0.5, 0.6) is 0 Å². The minimum Gasteiger partial charge on any atom is -0.428 e. The highest BCUT2D eigenvalue weighted by Crippen LogP contribution is 2.18. The number of carbonyl (C=O) groups excluding carboxylic acids is 2. The molecule has 1 unspecified atom stereocenters. The second-order valence-electron chi connectivity index (χ2n) is 4.91. The summed E-state index contributed by atoms with van der Waals surface area (Å²) >= 11 is 0. The predicted molar refractivity (Wildman–Crippen MR) is 78.0 cm³/mol. The number of nitriles is 1. The Balaban J connectivity index is 3.73. The monoisotopic (exact) mass is 293 g/mol. The number of nitrogens with zero attached hydrogens (tertiary/aromatic N) is 3. The second-order valence-corrected chi connectivity index (χ2v) is 4.91. The van der Waals surface area contributed by atoms with Gasteiger partial charge in [0.1, 0.15) is 6.61 Å². The Bertz CT molecular complexity index is 380. The lowest BCUT2D eigenvalue weighted by Gasteiger charge is -2.13. The molecule has 6 nitrogen and oxygen atoms in total. The molecule has 0 fully saturated rings. The van der Waals surface area contributed by atoms with Gasteiger partial charge in [0, 0.05) is 0 Å². The fraction of sp³-hybridized carbons (Fsp3) is 0.800. The summed E-state index contributed by atoms with van der Waals surface area (Å²) in [5.41, 5.74) is 0. The van der Waals surface area contributed by atoms with Crippen molar-refractivity contribution in [2.24, 2.45) is 15.9 Å². The van der Waals surface area contributed by atoms with E-state index in [4.69, 9.17) is 5.26 Å². The molecule has 116 valence electrons. The van der Waals surface area contributed by atoms with Gasteiger partial charge in [0.15, 0.2) is 0 Å². The Morgan fingerprint density at radius 1 is 0.905 bits per heavy atom. The van der Waals surface area contributed by atoms with E-state index in [9.17, 15) is 9.59 Å². The number of rotatable bonds is 14. The van der Waals surface area contributed by atoms with Crippen LogP contribution in [0.25, 0.3) is 0 Å². The molecule has 0 aromatic heterocycles. The molecule has 0 saturated carbocycles. The van der Waals surface area contributed by atoms with Crippen molar-refractivity contribution >= 4 is 12.2 Å². The standard InChI is InChI=1S/C15H23N3O3/c16-12-21-10-6-2-4-8-15(11-18-14-20)7-3-1-5-9-17-13-19/h15H,1-11H2. The van der Waals surface area contributed by atoms with Gasteiger partial charge in [-0.1, -0.05) is 25.7 Å². The molecule has 0 amide bonds. The zero-order chi connectivity index (χ0) is 15.6. The molecule has 6 heteroatoms. The third-order valence-electron chi connectivity index (χ3n) is 3.28. The molecule has 0 spiro atoms. The van der Waals surface area contributed by atoms with Crippen LogP contribution in [0.2, 0.25) is 0 Å². The fourth-order valence-corrected chi connectivity index (χ4v) is 2.17. The van der Waals surface area contributed by atoms with Gasteiger partial charge in [-0.25, -0.2) is 19.6 Å². The molecule has 0 N–H and O–H groups in total. The molecular weight excluding hydrogens is 270 g/mol. The van der Waals surface area contributed by atoms with E-state index in [0.29, 0.717) is 25.6 Å². The van der Waals surface area contributed by atoms with Gasteiger partial charge in [-0.3, -0.25) is 0 Å². The van der Waals surface area contributed by atoms with E-state index in [1.165, 1.54) is 6.08 Å². The lowest BCUT2D eigenvalue weighted by Crippen LogP contribution is -2.05. The first-order valence-corrected chi connectivity index (χ1v) is 7.43. The van der Waals surface area contributed by atoms with Crippen molar-refractivity contribution < 1.29 is 14.3 Å². The predicted octanol–water partition coefficient (Wildman–Crippen LogP) is 2.89. The summed E-state index contributed by atoms with van der Waals surface area (Å²) in [6.07, 6.45) is 12.7. The number of isocyanates is 2. The van der Waals surface area contributed by atoms with Crippen LogP contribution in [0.15, 0.2) is 9.98 Å². The van der Waals surface area contributed by atoms with E-state index in [1.807, 2.05) is 0 Å². The first-order valence-electron chi connectivity index (χ1n) is 7.43. The minimum absolute atomic E-state index is 0.401. The molecule has 0 radical (unpaired) electrons. The van der Waals surface area contributed by atoms with Crippen molar-refractivity contribution in [3.8, 4) is 6.26 Å². The van der Waals surface area contributed by atoms with E-state index in [1.54, 1.807) is 12.3 Å². The molecule has 0 rings (SSSR count). The van der Waals surface area contributed by atoms with Crippen LogP contribution in [0.1, 0.15) is 51.4 Å². The SMILES string of the molecule is N#COCCCCCC(CCCCCN=C=O)CN=C=O. The zero-order valence-electron chi connectivity index (χ0n) is 12.4. The van der Waals surface area contributed by atoms with Crippen LogP contribution in [0.4, 0.5) is 0 Å². The normalized spacial score (nSPS) is 10.8. The van der Waals surface area contributed by atoms with Crippen molar-refractivity contribution in [2.75, 3.05) is 19.7 Å². The van der Waals surface area contributed by atoms with E-state index in [2.05, 4.69) is 14.7 Å². The van der Waals surface area contributed by atoms with Crippen molar-refractivity contribution in [2.45, 2.75) is 51.4 Å². The quantitative estimate of drug-likeness (QED) is 0.213. The Morgan fingerprint density at radius 3 is 2.19 bits per heavy atom. The van der Waals surface area contributed by atoms with Crippen LogP contribution in [-0.2, 0) is 14.3 Å². The largest absolute Gasteiger partial charge is 0.428 e. The second kappa shape index (κ2) is 16.1. The van der Waals surface area contributed by atoms with Gasteiger partial charge < -0.3 is 4.74 Å². The minimum atomic E-state index is 0.401. The van der Waals surface area contributed by atoms with E-state index in [0.717, 1.165) is 51.4 Å². The average molecular weight is 293 g/mol. The van der Waals surface area contributed by atoms with Crippen LogP contribution in [0, 0.1) is 17.4 Å².